The highest BCUT2D eigenvalue weighted by molar-refractivity contribution is 5.73. The quantitative estimate of drug-likeness (QED) is 0.491. The third-order valence-electron chi connectivity index (χ3n) is 5.00. The fraction of sp³-hybridized carbons (Fsp3) is 0.208. The van der Waals surface area contributed by atoms with Crippen LogP contribution in [0.2, 0.25) is 0 Å². The van der Waals surface area contributed by atoms with Gasteiger partial charge in [0.1, 0.15) is 5.65 Å². The zero-order valence-corrected chi connectivity index (χ0v) is 16.6. The van der Waals surface area contributed by atoms with Gasteiger partial charge in [-0.25, -0.2) is 4.98 Å². The van der Waals surface area contributed by atoms with Gasteiger partial charge in [0.25, 0.3) is 0 Å². The maximum absolute atomic E-state index is 10.3. The normalized spacial score (nSPS) is 11.3. The number of hydrogen-bond donors (Lipinski definition) is 1. The first-order valence-electron chi connectivity index (χ1n) is 9.44. The number of fused-ring (bicyclic) bond motifs is 1. The third-order valence-corrected chi connectivity index (χ3v) is 5.00. The van der Waals surface area contributed by atoms with E-state index in [1.165, 1.54) is 11.1 Å². The van der Waals surface area contributed by atoms with Gasteiger partial charge >= 0.3 is 0 Å². The van der Waals surface area contributed by atoms with E-state index in [0.717, 1.165) is 28.2 Å². The molecule has 28 heavy (non-hydrogen) atoms. The standard InChI is InChI=1S/C24H24N2O2/c1-15(2)23-24(18-8-10-21(28-4)20(27)13-18)26-14-19(9-11-22(26)25-23)17-7-5-6-16(3)12-17/h5-15,27H,1-4H3. The van der Waals surface area contributed by atoms with Crippen LogP contribution in [0.15, 0.2) is 60.8 Å². The highest BCUT2D eigenvalue weighted by Crippen LogP contribution is 2.36. The fourth-order valence-electron chi connectivity index (χ4n) is 3.59. The molecular formula is C24H24N2O2. The van der Waals surface area contributed by atoms with Gasteiger partial charge in [-0.3, -0.25) is 4.40 Å². The van der Waals surface area contributed by atoms with E-state index < -0.39 is 0 Å². The zero-order valence-electron chi connectivity index (χ0n) is 16.6. The van der Waals surface area contributed by atoms with Crippen molar-refractivity contribution >= 4 is 5.65 Å². The summed E-state index contributed by atoms with van der Waals surface area (Å²) in [4.78, 5) is 4.86. The highest BCUT2D eigenvalue weighted by atomic mass is 16.5. The smallest absolute Gasteiger partial charge is 0.160 e. The van der Waals surface area contributed by atoms with Crippen LogP contribution in [0.5, 0.6) is 11.5 Å². The van der Waals surface area contributed by atoms with Crippen LogP contribution in [-0.2, 0) is 0 Å². The molecule has 4 aromatic rings. The van der Waals surface area contributed by atoms with E-state index >= 15 is 0 Å². The molecule has 0 unspecified atom stereocenters. The first-order chi connectivity index (χ1) is 13.5. The van der Waals surface area contributed by atoms with Crippen LogP contribution in [0.3, 0.4) is 0 Å². The van der Waals surface area contributed by atoms with Crippen molar-refractivity contribution < 1.29 is 9.84 Å². The van der Waals surface area contributed by atoms with Gasteiger partial charge < -0.3 is 9.84 Å². The van der Waals surface area contributed by atoms with Crippen LogP contribution in [0.1, 0.15) is 31.0 Å². The molecular weight excluding hydrogens is 348 g/mol. The van der Waals surface area contributed by atoms with Crippen molar-refractivity contribution in [2.75, 3.05) is 7.11 Å². The first-order valence-corrected chi connectivity index (χ1v) is 9.44. The molecule has 0 amide bonds. The molecule has 0 atom stereocenters. The number of nitrogens with zero attached hydrogens (tertiary/aromatic N) is 2. The molecule has 0 radical (unpaired) electrons. The number of aromatic nitrogens is 2. The Morgan fingerprint density at radius 2 is 1.75 bits per heavy atom. The molecule has 0 aliphatic rings. The van der Waals surface area contributed by atoms with Crippen molar-refractivity contribution in [1.82, 2.24) is 9.38 Å². The molecule has 2 aromatic carbocycles. The summed E-state index contributed by atoms with van der Waals surface area (Å²) in [5.74, 6) is 0.838. The topological polar surface area (TPSA) is 46.8 Å². The first kappa shape index (κ1) is 18.1. The van der Waals surface area contributed by atoms with Crippen LogP contribution < -0.4 is 4.74 Å². The molecule has 0 aliphatic heterocycles. The van der Waals surface area contributed by atoms with Gasteiger partial charge in [-0.1, -0.05) is 43.7 Å². The van der Waals surface area contributed by atoms with Crippen LogP contribution in [-0.4, -0.2) is 21.6 Å². The second-order valence-electron chi connectivity index (χ2n) is 7.40. The van der Waals surface area contributed by atoms with Gasteiger partial charge in [0.05, 0.1) is 18.5 Å². The molecule has 0 fully saturated rings. The van der Waals surface area contributed by atoms with E-state index in [0.29, 0.717) is 5.75 Å². The predicted molar refractivity (Wildman–Crippen MR) is 113 cm³/mol. The average Bonchev–Trinajstić information content (AvgIpc) is 3.07. The van der Waals surface area contributed by atoms with Crippen LogP contribution >= 0.6 is 0 Å². The number of methoxy groups -OCH3 is 1. The Labute approximate surface area is 165 Å². The summed E-state index contributed by atoms with van der Waals surface area (Å²) in [5, 5.41) is 10.3. The van der Waals surface area contributed by atoms with Crippen molar-refractivity contribution in [3.63, 3.8) is 0 Å². The molecule has 0 spiro atoms. The molecule has 2 aromatic heterocycles. The number of ether oxygens (including phenoxy) is 1. The van der Waals surface area contributed by atoms with Gasteiger partial charge in [-0.15, -0.1) is 0 Å². The van der Waals surface area contributed by atoms with Crippen molar-refractivity contribution in [2.24, 2.45) is 0 Å². The van der Waals surface area contributed by atoms with E-state index in [4.69, 9.17) is 9.72 Å². The number of imidazole rings is 1. The van der Waals surface area contributed by atoms with E-state index in [1.807, 2.05) is 6.07 Å². The van der Waals surface area contributed by atoms with E-state index in [9.17, 15) is 5.11 Å². The summed E-state index contributed by atoms with van der Waals surface area (Å²) in [7, 11) is 1.55. The number of pyridine rings is 1. The number of phenolic OH excluding ortho intramolecular Hbond substituents is 1. The Kier molecular flexibility index (Phi) is 4.55. The van der Waals surface area contributed by atoms with Crippen molar-refractivity contribution in [3.8, 4) is 33.9 Å². The van der Waals surface area contributed by atoms with Gasteiger partial charge in [0.2, 0.25) is 0 Å². The minimum absolute atomic E-state index is 0.125. The number of rotatable bonds is 4. The van der Waals surface area contributed by atoms with E-state index in [-0.39, 0.29) is 11.7 Å². The summed E-state index contributed by atoms with van der Waals surface area (Å²) in [6.07, 6.45) is 2.12. The number of aryl methyl sites for hydroxylation is 1. The van der Waals surface area contributed by atoms with Crippen molar-refractivity contribution in [3.05, 3.63) is 72.1 Å². The summed E-state index contributed by atoms with van der Waals surface area (Å²) in [6, 6.07) is 18.1. The van der Waals surface area contributed by atoms with Crippen LogP contribution in [0.4, 0.5) is 0 Å². The number of hydrogen-bond acceptors (Lipinski definition) is 3. The summed E-state index contributed by atoms with van der Waals surface area (Å²) in [5.41, 5.74) is 7.34. The summed E-state index contributed by atoms with van der Waals surface area (Å²) >= 11 is 0. The monoisotopic (exact) mass is 372 g/mol. The van der Waals surface area contributed by atoms with Gasteiger partial charge in [0.15, 0.2) is 11.5 Å². The van der Waals surface area contributed by atoms with E-state index in [1.54, 1.807) is 19.2 Å². The fourth-order valence-corrected chi connectivity index (χ4v) is 3.59. The molecule has 0 saturated carbocycles. The van der Waals surface area contributed by atoms with Gasteiger partial charge in [0, 0.05) is 11.8 Å². The second kappa shape index (κ2) is 7.04. The summed E-state index contributed by atoms with van der Waals surface area (Å²) < 4.78 is 7.32. The molecule has 4 heteroatoms. The lowest BCUT2D eigenvalue weighted by Crippen LogP contribution is -1.95. The molecule has 4 rings (SSSR count). The average molecular weight is 372 g/mol. The second-order valence-corrected chi connectivity index (χ2v) is 7.40. The number of benzene rings is 2. The molecule has 0 bridgehead atoms. The predicted octanol–water partition coefficient (Wildman–Crippen LogP) is 5.81. The van der Waals surface area contributed by atoms with E-state index in [2.05, 4.69) is 67.8 Å². The van der Waals surface area contributed by atoms with Crippen molar-refractivity contribution in [1.29, 1.82) is 0 Å². The Bertz CT molecular complexity index is 1160. The Morgan fingerprint density at radius 1 is 0.964 bits per heavy atom. The van der Waals surface area contributed by atoms with Gasteiger partial charge in [-0.2, -0.15) is 0 Å². The van der Waals surface area contributed by atoms with Gasteiger partial charge in [-0.05, 0) is 54.3 Å². The Hall–Kier alpha value is -3.27. The number of phenols is 1. The van der Waals surface area contributed by atoms with Crippen LogP contribution in [0, 0.1) is 6.92 Å². The largest absolute Gasteiger partial charge is 0.504 e. The lowest BCUT2D eigenvalue weighted by molar-refractivity contribution is 0.373. The number of aromatic hydroxyl groups is 1. The SMILES string of the molecule is COc1ccc(-c2c(C(C)C)nc3ccc(-c4cccc(C)c4)cn23)cc1O. The molecule has 1 N–H and O–H groups in total. The molecule has 4 nitrogen and oxygen atoms in total. The lowest BCUT2D eigenvalue weighted by atomic mass is 10.0. The zero-order chi connectivity index (χ0) is 19.8. The maximum atomic E-state index is 10.3. The Balaban J connectivity index is 1.96. The van der Waals surface area contributed by atoms with Crippen LogP contribution in [0.25, 0.3) is 28.0 Å². The third kappa shape index (κ3) is 3.11. The minimum atomic E-state index is 0.125. The molecule has 0 aliphatic carbocycles. The van der Waals surface area contributed by atoms with Crippen molar-refractivity contribution in [2.45, 2.75) is 26.7 Å². The highest BCUT2D eigenvalue weighted by Gasteiger charge is 2.18. The molecule has 142 valence electrons. The maximum Gasteiger partial charge on any atom is 0.160 e. The molecule has 2 heterocycles. The minimum Gasteiger partial charge on any atom is -0.504 e. The molecule has 0 saturated heterocycles. The summed E-state index contributed by atoms with van der Waals surface area (Å²) in [6.45, 7) is 6.37. The lowest BCUT2D eigenvalue weighted by Gasteiger charge is -2.11. The Morgan fingerprint density at radius 3 is 2.43 bits per heavy atom.